The SMILES string of the molecule is Cn1nc(-c2cc(Cl)ccc2NC(=O)OC(C)(C)C)cc1N. The smallest absolute Gasteiger partial charge is 0.412 e. The van der Waals surface area contributed by atoms with Crippen molar-refractivity contribution in [3.63, 3.8) is 0 Å². The second-order valence-corrected chi connectivity index (χ2v) is 6.33. The van der Waals surface area contributed by atoms with Crippen molar-refractivity contribution in [2.75, 3.05) is 11.1 Å². The van der Waals surface area contributed by atoms with Gasteiger partial charge in [-0.2, -0.15) is 5.10 Å². The summed E-state index contributed by atoms with van der Waals surface area (Å²) in [6.45, 7) is 5.40. The van der Waals surface area contributed by atoms with Crippen LogP contribution in [0.25, 0.3) is 11.3 Å². The Labute approximate surface area is 134 Å². The van der Waals surface area contributed by atoms with Gasteiger partial charge in [-0.25, -0.2) is 4.79 Å². The highest BCUT2D eigenvalue weighted by molar-refractivity contribution is 6.31. The van der Waals surface area contributed by atoms with Gasteiger partial charge in [-0.3, -0.25) is 10.00 Å². The van der Waals surface area contributed by atoms with Crippen molar-refractivity contribution in [3.8, 4) is 11.3 Å². The van der Waals surface area contributed by atoms with Gasteiger partial charge in [-0.05, 0) is 39.0 Å². The van der Waals surface area contributed by atoms with Gasteiger partial charge >= 0.3 is 6.09 Å². The predicted molar refractivity (Wildman–Crippen MR) is 87.9 cm³/mol. The number of carbonyl (C=O) groups excluding carboxylic acids is 1. The van der Waals surface area contributed by atoms with Crippen molar-refractivity contribution in [2.45, 2.75) is 26.4 Å². The second-order valence-electron chi connectivity index (χ2n) is 5.89. The molecule has 3 N–H and O–H groups in total. The quantitative estimate of drug-likeness (QED) is 0.883. The standard InChI is InChI=1S/C15H19ClN4O2/c1-15(2,3)22-14(21)18-11-6-5-9(16)7-10(11)12-8-13(17)20(4)19-12/h5-8H,17H2,1-4H3,(H,18,21). The van der Waals surface area contributed by atoms with Crippen LogP contribution in [0, 0.1) is 0 Å². The molecule has 1 heterocycles. The maximum Gasteiger partial charge on any atom is 0.412 e. The summed E-state index contributed by atoms with van der Waals surface area (Å²) in [5.41, 5.74) is 7.07. The van der Waals surface area contributed by atoms with Gasteiger partial charge in [0.25, 0.3) is 0 Å². The predicted octanol–water partition coefficient (Wildman–Crippen LogP) is 3.67. The molecule has 0 aliphatic carbocycles. The Kier molecular flexibility index (Phi) is 4.32. The molecule has 1 aromatic carbocycles. The number of nitrogens with zero attached hydrogens (tertiary/aromatic N) is 2. The molecule has 1 amide bonds. The van der Waals surface area contributed by atoms with E-state index in [1.54, 1.807) is 56.8 Å². The van der Waals surface area contributed by atoms with Crippen molar-refractivity contribution in [2.24, 2.45) is 7.05 Å². The minimum Gasteiger partial charge on any atom is -0.444 e. The third-order valence-corrected chi connectivity index (χ3v) is 3.04. The maximum absolute atomic E-state index is 12.0. The lowest BCUT2D eigenvalue weighted by atomic mass is 10.1. The number of halogens is 1. The van der Waals surface area contributed by atoms with Gasteiger partial charge in [0.15, 0.2) is 0 Å². The molecule has 0 bridgehead atoms. The number of aryl methyl sites for hydroxylation is 1. The lowest BCUT2D eigenvalue weighted by Crippen LogP contribution is -2.27. The van der Waals surface area contributed by atoms with E-state index in [2.05, 4.69) is 10.4 Å². The lowest BCUT2D eigenvalue weighted by molar-refractivity contribution is 0.0636. The monoisotopic (exact) mass is 322 g/mol. The number of hydrogen-bond donors (Lipinski definition) is 2. The number of ether oxygens (including phenoxy) is 1. The first kappa shape index (κ1) is 16.2. The third-order valence-electron chi connectivity index (χ3n) is 2.81. The van der Waals surface area contributed by atoms with E-state index in [9.17, 15) is 4.79 Å². The van der Waals surface area contributed by atoms with Crippen LogP contribution in [0.5, 0.6) is 0 Å². The first-order chi connectivity index (χ1) is 10.2. The number of anilines is 2. The fourth-order valence-corrected chi connectivity index (χ4v) is 2.04. The molecule has 0 spiro atoms. The molecule has 0 unspecified atom stereocenters. The summed E-state index contributed by atoms with van der Waals surface area (Å²) >= 11 is 6.05. The number of aromatic nitrogens is 2. The van der Waals surface area contributed by atoms with Gasteiger partial charge in [0.05, 0.1) is 11.4 Å². The molecular formula is C15H19ClN4O2. The molecule has 1 aromatic heterocycles. The molecule has 2 rings (SSSR count). The van der Waals surface area contributed by atoms with E-state index in [4.69, 9.17) is 22.1 Å². The van der Waals surface area contributed by atoms with Crippen LogP contribution in [0.1, 0.15) is 20.8 Å². The van der Waals surface area contributed by atoms with E-state index in [-0.39, 0.29) is 0 Å². The van der Waals surface area contributed by atoms with Crippen molar-refractivity contribution >= 4 is 29.2 Å². The van der Waals surface area contributed by atoms with Crippen molar-refractivity contribution in [3.05, 3.63) is 29.3 Å². The Morgan fingerprint density at radius 1 is 1.36 bits per heavy atom. The van der Waals surface area contributed by atoms with Gasteiger partial charge in [0.2, 0.25) is 0 Å². The molecule has 7 heteroatoms. The Hall–Kier alpha value is -2.21. The summed E-state index contributed by atoms with van der Waals surface area (Å²) < 4.78 is 6.81. The summed E-state index contributed by atoms with van der Waals surface area (Å²) in [6.07, 6.45) is -0.542. The van der Waals surface area contributed by atoms with E-state index >= 15 is 0 Å². The van der Waals surface area contributed by atoms with Crippen LogP contribution in [0.2, 0.25) is 5.02 Å². The zero-order valence-electron chi connectivity index (χ0n) is 13.0. The molecule has 0 aliphatic heterocycles. The number of carbonyl (C=O) groups is 1. The summed E-state index contributed by atoms with van der Waals surface area (Å²) in [4.78, 5) is 12.0. The molecule has 0 aliphatic rings. The number of rotatable bonds is 2. The van der Waals surface area contributed by atoms with E-state index < -0.39 is 11.7 Å². The molecule has 0 fully saturated rings. The number of nitrogen functional groups attached to an aromatic ring is 1. The highest BCUT2D eigenvalue weighted by Gasteiger charge is 2.18. The summed E-state index contributed by atoms with van der Waals surface area (Å²) in [5, 5.41) is 7.55. The zero-order chi connectivity index (χ0) is 16.5. The van der Waals surface area contributed by atoms with Crippen molar-refractivity contribution in [1.29, 1.82) is 0 Å². The molecule has 118 valence electrons. The highest BCUT2D eigenvalue weighted by Crippen LogP contribution is 2.31. The largest absolute Gasteiger partial charge is 0.444 e. The first-order valence-electron chi connectivity index (χ1n) is 6.75. The van der Waals surface area contributed by atoms with Crippen molar-refractivity contribution in [1.82, 2.24) is 9.78 Å². The van der Waals surface area contributed by atoms with Gasteiger partial charge in [-0.15, -0.1) is 0 Å². The molecule has 22 heavy (non-hydrogen) atoms. The first-order valence-corrected chi connectivity index (χ1v) is 7.13. The van der Waals surface area contributed by atoms with Crippen LogP contribution >= 0.6 is 11.6 Å². The molecule has 0 atom stereocenters. The molecule has 6 nitrogen and oxygen atoms in total. The third kappa shape index (κ3) is 3.92. The second kappa shape index (κ2) is 5.88. The summed E-state index contributed by atoms with van der Waals surface area (Å²) in [6, 6.07) is 6.82. The lowest BCUT2D eigenvalue weighted by Gasteiger charge is -2.20. The van der Waals surface area contributed by atoms with Crippen LogP contribution in [0.3, 0.4) is 0 Å². The topological polar surface area (TPSA) is 82.2 Å². The van der Waals surface area contributed by atoms with Crippen LogP contribution in [0.15, 0.2) is 24.3 Å². The van der Waals surface area contributed by atoms with Crippen LogP contribution < -0.4 is 11.1 Å². The van der Waals surface area contributed by atoms with Gasteiger partial charge in [0.1, 0.15) is 11.4 Å². The van der Waals surface area contributed by atoms with Gasteiger partial charge in [-0.1, -0.05) is 11.6 Å². The molecule has 0 radical (unpaired) electrons. The molecular weight excluding hydrogens is 304 g/mol. The van der Waals surface area contributed by atoms with E-state index in [0.29, 0.717) is 27.8 Å². The zero-order valence-corrected chi connectivity index (χ0v) is 13.7. The molecule has 2 aromatic rings. The average molecular weight is 323 g/mol. The highest BCUT2D eigenvalue weighted by atomic mass is 35.5. The van der Waals surface area contributed by atoms with Crippen LogP contribution in [-0.2, 0) is 11.8 Å². The van der Waals surface area contributed by atoms with E-state index in [1.165, 1.54) is 0 Å². The van der Waals surface area contributed by atoms with Gasteiger partial charge < -0.3 is 10.5 Å². The number of hydrogen-bond acceptors (Lipinski definition) is 4. The average Bonchev–Trinajstić information content (AvgIpc) is 2.69. The number of amides is 1. The Morgan fingerprint density at radius 3 is 2.59 bits per heavy atom. The van der Waals surface area contributed by atoms with Crippen LogP contribution in [0.4, 0.5) is 16.3 Å². The molecule has 0 saturated heterocycles. The Balaban J connectivity index is 2.34. The Morgan fingerprint density at radius 2 is 2.05 bits per heavy atom. The van der Waals surface area contributed by atoms with Crippen molar-refractivity contribution < 1.29 is 9.53 Å². The summed E-state index contributed by atoms with van der Waals surface area (Å²) in [5.74, 6) is 0.512. The minimum atomic E-state index is -0.577. The minimum absolute atomic E-state index is 0.512. The Bertz CT molecular complexity index is 685. The van der Waals surface area contributed by atoms with E-state index in [1.807, 2.05) is 0 Å². The fourth-order valence-electron chi connectivity index (χ4n) is 1.86. The molecule has 0 saturated carbocycles. The maximum atomic E-state index is 12.0. The number of nitrogens with one attached hydrogen (secondary N) is 1. The fraction of sp³-hybridized carbons (Fsp3) is 0.333. The number of benzene rings is 1. The normalized spacial score (nSPS) is 11.3. The number of nitrogens with two attached hydrogens (primary N) is 1. The summed E-state index contributed by atoms with van der Waals surface area (Å²) in [7, 11) is 1.74. The van der Waals surface area contributed by atoms with Crippen LogP contribution in [-0.4, -0.2) is 21.5 Å². The van der Waals surface area contributed by atoms with E-state index in [0.717, 1.165) is 0 Å². The van der Waals surface area contributed by atoms with Gasteiger partial charge in [0, 0.05) is 23.7 Å².